The Bertz CT molecular complexity index is 675. The van der Waals surface area contributed by atoms with Crippen molar-refractivity contribution in [1.29, 1.82) is 0 Å². The van der Waals surface area contributed by atoms with Crippen molar-refractivity contribution in [3.05, 3.63) is 41.0 Å². The first-order chi connectivity index (χ1) is 11.2. The molecule has 0 N–H and O–H groups in total. The van der Waals surface area contributed by atoms with Crippen LogP contribution in [0.15, 0.2) is 35.4 Å². The van der Waals surface area contributed by atoms with Crippen molar-refractivity contribution in [2.24, 2.45) is 11.8 Å². The van der Waals surface area contributed by atoms with Gasteiger partial charge in [-0.2, -0.15) is 11.3 Å². The van der Waals surface area contributed by atoms with Crippen LogP contribution in [0.5, 0.6) is 0 Å². The van der Waals surface area contributed by atoms with E-state index in [-0.39, 0.29) is 5.91 Å². The Balaban J connectivity index is 1.48. The van der Waals surface area contributed by atoms with Gasteiger partial charge in [0.05, 0.1) is 11.8 Å². The van der Waals surface area contributed by atoms with Crippen LogP contribution in [0.3, 0.4) is 0 Å². The molecule has 0 unspecified atom stereocenters. The van der Waals surface area contributed by atoms with Crippen LogP contribution < -0.4 is 4.90 Å². The lowest BCUT2D eigenvalue weighted by atomic mass is 9.97. The van der Waals surface area contributed by atoms with Crippen molar-refractivity contribution in [1.82, 2.24) is 14.9 Å². The number of amides is 1. The van der Waals surface area contributed by atoms with Gasteiger partial charge in [0.25, 0.3) is 5.91 Å². The molecular weight excluding hydrogens is 308 g/mol. The second-order valence-corrected chi connectivity index (χ2v) is 7.25. The lowest BCUT2D eigenvalue weighted by Gasteiger charge is -2.30. The second kappa shape index (κ2) is 5.92. The lowest BCUT2D eigenvalue weighted by molar-refractivity contribution is 0.0780. The van der Waals surface area contributed by atoms with Crippen LogP contribution in [-0.4, -0.2) is 47.0 Å². The monoisotopic (exact) mass is 328 g/mol. The number of fused-ring (bicyclic) bond motifs is 1. The number of rotatable bonds is 3. The SMILES string of the molecule is CN(c1cnccn1)[C@@H]1CC[C@@H]2CN(C(=O)c3ccsc3)C[C@@H]21. The average Bonchev–Trinajstić information content (AvgIpc) is 3.30. The summed E-state index contributed by atoms with van der Waals surface area (Å²) in [6, 6.07) is 2.36. The van der Waals surface area contributed by atoms with Gasteiger partial charge in [-0.1, -0.05) is 0 Å². The summed E-state index contributed by atoms with van der Waals surface area (Å²) in [4.78, 5) is 25.5. The number of hydrogen-bond donors (Lipinski definition) is 0. The van der Waals surface area contributed by atoms with Crippen molar-refractivity contribution in [2.45, 2.75) is 18.9 Å². The number of nitrogens with zero attached hydrogens (tertiary/aromatic N) is 4. The molecule has 2 aromatic heterocycles. The van der Waals surface area contributed by atoms with Crippen LogP contribution in [0.1, 0.15) is 23.2 Å². The first-order valence-electron chi connectivity index (χ1n) is 8.04. The van der Waals surface area contributed by atoms with Crippen LogP contribution in [0.2, 0.25) is 0 Å². The van der Waals surface area contributed by atoms with Crippen LogP contribution in [0, 0.1) is 11.8 Å². The van der Waals surface area contributed by atoms with E-state index < -0.39 is 0 Å². The van der Waals surface area contributed by atoms with Gasteiger partial charge >= 0.3 is 0 Å². The van der Waals surface area contributed by atoms with E-state index in [2.05, 4.69) is 21.9 Å². The molecule has 0 radical (unpaired) electrons. The van der Waals surface area contributed by atoms with Crippen molar-refractivity contribution in [3.63, 3.8) is 0 Å². The molecule has 1 amide bonds. The first-order valence-corrected chi connectivity index (χ1v) is 8.98. The van der Waals surface area contributed by atoms with Gasteiger partial charge in [-0.25, -0.2) is 4.98 Å². The molecule has 1 aliphatic carbocycles. The van der Waals surface area contributed by atoms with Crippen molar-refractivity contribution >= 4 is 23.1 Å². The van der Waals surface area contributed by atoms with Crippen LogP contribution in [0.4, 0.5) is 5.82 Å². The molecule has 4 rings (SSSR count). The second-order valence-electron chi connectivity index (χ2n) is 6.47. The summed E-state index contributed by atoms with van der Waals surface area (Å²) in [6.45, 7) is 1.75. The molecule has 0 bridgehead atoms. The topological polar surface area (TPSA) is 49.3 Å². The number of carbonyl (C=O) groups is 1. The zero-order valence-electron chi connectivity index (χ0n) is 13.1. The maximum Gasteiger partial charge on any atom is 0.254 e. The van der Waals surface area contributed by atoms with Crippen molar-refractivity contribution in [2.75, 3.05) is 25.0 Å². The Morgan fingerprint density at radius 3 is 3.00 bits per heavy atom. The van der Waals surface area contributed by atoms with Crippen LogP contribution in [-0.2, 0) is 0 Å². The van der Waals surface area contributed by atoms with Crippen LogP contribution in [0.25, 0.3) is 0 Å². The maximum absolute atomic E-state index is 12.6. The summed E-state index contributed by atoms with van der Waals surface area (Å²) in [5.74, 6) is 2.24. The van der Waals surface area contributed by atoms with Gasteiger partial charge in [0.2, 0.25) is 0 Å². The van der Waals surface area contributed by atoms with E-state index in [9.17, 15) is 4.79 Å². The highest BCUT2D eigenvalue weighted by Gasteiger charge is 2.45. The Kier molecular flexibility index (Phi) is 3.77. The molecule has 2 aromatic rings. The van der Waals surface area contributed by atoms with Crippen molar-refractivity contribution < 1.29 is 4.79 Å². The van der Waals surface area contributed by atoms with E-state index >= 15 is 0 Å². The standard InChI is InChI=1S/C17H20N4OS/c1-20(16-8-18-5-6-19-16)15-3-2-12-9-21(10-14(12)15)17(22)13-4-7-23-11-13/h4-8,11-12,14-15H,2-3,9-10H2,1H3/t12-,14+,15-/m1/s1. The molecule has 0 spiro atoms. The summed E-state index contributed by atoms with van der Waals surface area (Å²) >= 11 is 1.58. The molecule has 3 heterocycles. The van der Waals surface area contributed by atoms with Gasteiger partial charge in [0.1, 0.15) is 5.82 Å². The van der Waals surface area contributed by atoms with E-state index in [0.29, 0.717) is 17.9 Å². The predicted octanol–water partition coefficient (Wildman–Crippen LogP) is 2.53. The molecule has 2 fully saturated rings. The summed E-state index contributed by atoms with van der Waals surface area (Å²) < 4.78 is 0. The molecule has 1 saturated carbocycles. The molecule has 1 aliphatic heterocycles. The third kappa shape index (κ3) is 2.61. The molecule has 2 aliphatic rings. The molecule has 5 nitrogen and oxygen atoms in total. The van der Waals surface area contributed by atoms with E-state index in [1.165, 1.54) is 12.8 Å². The maximum atomic E-state index is 12.6. The molecular formula is C17H20N4OS. The Morgan fingerprint density at radius 1 is 1.35 bits per heavy atom. The summed E-state index contributed by atoms with van der Waals surface area (Å²) in [5.41, 5.74) is 0.828. The zero-order chi connectivity index (χ0) is 15.8. The van der Waals surface area contributed by atoms with Gasteiger partial charge < -0.3 is 9.80 Å². The molecule has 6 heteroatoms. The number of thiophene rings is 1. The fraction of sp³-hybridized carbons (Fsp3) is 0.471. The number of carbonyl (C=O) groups excluding carboxylic acids is 1. The van der Waals surface area contributed by atoms with E-state index in [4.69, 9.17) is 0 Å². The minimum Gasteiger partial charge on any atom is -0.355 e. The fourth-order valence-corrected chi connectivity index (χ4v) is 4.73. The highest BCUT2D eigenvalue weighted by molar-refractivity contribution is 7.08. The smallest absolute Gasteiger partial charge is 0.254 e. The zero-order valence-corrected chi connectivity index (χ0v) is 13.9. The van der Waals surface area contributed by atoms with E-state index in [1.54, 1.807) is 23.7 Å². The molecule has 1 saturated heterocycles. The van der Waals surface area contributed by atoms with Gasteiger partial charge in [0.15, 0.2) is 0 Å². The highest BCUT2D eigenvalue weighted by Crippen LogP contribution is 2.41. The summed E-state index contributed by atoms with van der Waals surface area (Å²) in [5, 5.41) is 3.91. The third-order valence-corrected chi connectivity index (χ3v) is 5.97. The highest BCUT2D eigenvalue weighted by atomic mass is 32.1. The van der Waals surface area contributed by atoms with Crippen molar-refractivity contribution in [3.8, 4) is 0 Å². The summed E-state index contributed by atoms with van der Waals surface area (Å²) in [7, 11) is 2.10. The first kappa shape index (κ1) is 14.6. The van der Waals surface area contributed by atoms with E-state index in [0.717, 1.165) is 24.5 Å². The average molecular weight is 328 g/mol. The van der Waals surface area contributed by atoms with E-state index in [1.807, 2.05) is 27.9 Å². The Hall–Kier alpha value is -1.95. The Morgan fingerprint density at radius 2 is 2.26 bits per heavy atom. The Labute approximate surface area is 140 Å². The predicted molar refractivity (Wildman–Crippen MR) is 90.7 cm³/mol. The number of anilines is 1. The third-order valence-electron chi connectivity index (χ3n) is 5.28. The molecule has 0 aromatic carbocycles. The normalized spacial score (nSPS) is 26.3. The molecule has 120 valence electrons. The van der Waals surface area contributed by atoms with Gasteiger partial charge in [-0.3, -0.25) is 9.78 Å². The minimum atomic E-state index is 0.182. The lowest BCUT2D eigenvalue weighted by Crippen LogP contribution is -2.39. The fourth-order valence-electron chi connectivity index (χ4n) is 4.10. The quantitative estimate of drug-likeness (QED) is 0.869. The molecule has 3 atom stereocenters. The number of aromatic nitrogens is 2. The van der Waals surface area contributed by atoms with Gasteiger partial charge in [-0.05, 0) is 30.2 Å². The minimum absolute atomic E-state index is 0.182. The van der Waals surface area contributed by atoms with Gasteiger partial charge in [-0.15, -0.1) is 0 Å². The summed E-state index contributed by atoms with van der Waals surface area (Å²) in [6.07, 6.45) is 7.61. The number of hydrogen-bond acceptors (Lipinski definition) is 5. The largest absolute Gasteiger partial charge is 0.355 e. The number of likely N-dealkylation sites (tertiary alicyclic amines) is 1. The molecule has 23 heavy (non-hydrogen) atoms. The van der Waals surface area contributed by atoms with Gasteiger partial charge in [0, 0.05) is 49.9 Å². The van der Waals surface area contributed by atoms with Crippen LogP contribution >= 0.6 is 11.3 Å².